The molecule has 2 aromatic carbocycles. The molecule has 1 N–H and O–H groups in total. The van der Waals surface area contributed by atoms with Crippen LogP contribution in [0.15, 0.2) is 58.9 Å². The van der Waals surface area contributed by atoms with E-state index in [2.05, 4.69) is 9.71 Å². The van der Waals surface area contributed by atoms with Crippen molar-refractivity contribution in [3.63, 3.8) is 0 Å². The Morgan fingerprint density at radius 3 is 2.69 bits per heavy atom. The lowest BCUT2D eigenvalue weighted by Gasteiger charge is -2.34. The molecule has 186 valence electrons. The van der Waals surface area contributed by atoms with Crippen molar-refractivity contribution in [3.8, 4) is 0 Å². The molecule has 1 aromatic heterocycles. The molecular weight excluding hydrogens is 487 g/mol. The van der Waals surface area contributed by atoms with Crippen LogP contribution in [-0.2, 0) is 21.2 Å². The third-order valence-corrected chi connectivity index (χ3v) is 8.70. The number of halogens is 1. The summed E-state index contributed by atoms with van der Waals surface area (Å²) < 4.78 is 42.1. The van der Waals surface area contributed by atoms with E-state index < -0.39 is 16.1 Å². The Morgan fingerprint density at radius 2 is 2.03 bits per heavy atom. The van der Waals surface area contributed by atoms with Gasteiger partial charge in [-0.3, -0.25) is 9.52 Å². The fraction of sp³-hybridized carbons (Fsp3) is 0.360. The maximum atomic E-state index is 14.3. The van der Waals surface area contributed by atoms with E-state index in [0.29, 0.717) is 29.3 Å². The highest BCUT2D eigenvalue weighted by Gasteiger charge is 2.34. The summed E-state index contributed by atoms with van der Waals surface area (Å²) >= 11 is 1.21. The molecule has 1 unspecified atom stereocenters. The molecule has 0 spiro atoms. The Morgan fingerprint density at radius 1 is 1.29 bits per heavy atom. The fourth-order valence-corrected chi connectivity index (χ4v) is 6.32. The summed E-state index contributed by atoms with van der Waals surface area (Å²) in [5.41, 5.74) is 2.20. The highest BCUT2D eigenvalue weighted by Crippen LogP contribution is 2.34. The maximum Gasteiger partial charge on any atom is 0.263 e. The number of sulfonamides is 1. The van der Waals surface area contributed by atoms with Crippen molar-refractivity contribution >= 4 is 38.1 Å². The number of hydrogen-bond donors (Lipinski definition) is 1. The Kier molecular flexibility index (Phi) is 7.42. The number of carbonyl (C=O) groups is 1. The van der Waals surface area contributed by atoms with Gasteiger partial charge < -0.3 is 9.80 Å². The van der Waals surface area contributed by atoms with Crippen molar-refractivity contribution in [2.75, 3.05) is 23.2 Å². The van der Waals surface area contributed by atoms with Crippen LogP contribution >= 0.6 is 11.3 Å². The lowest BCUT2D eigenvalue weighted by molar-refractivity contribution is -0.133. The number of likely N-dealkylation sites (tertiary alicyclic amines) is 1. The van der Waals surface area contributed by atoms with Gasteiger partial charge in [-0.05, 0) is 56.0 Å². The van der Waals surface area contributed by atoms with Crippen LogP contribution in [0.3, 0.4) is 0 Å². The summed E-state index contributed by atoms with van der Waals surface area (Å²) in [5, 5.41) is 2.01. The molecule has 0 saturated carbocycles. The first-order valence-corrected chi connectivity index (χ1v) is 13.9. The number of nitrogens with zero attached hydrogens (tertiary/aromatic N) is 3. The van der Waals surface area contributed by atoms with Gasteiger partial charge in [-0.15, -0.1) is 11.3 Å². The highest BCUT2D eigenvalue weighted by molar-refractivity contribution is 7.93. The molecule has 1 saturated heterocycles. The van der Waals surface area contributed by atoms with Gasteiger partial charge in [-0.2, -0.15) is 0 Å². The number of likely N-dealkylation sites (N-methyl/N-ethyl adjacent to an activating group) is 1. The number of benzene rings is 2. The van der Waals surface area contributed by atoms with Gasteiger partial charge in [0.05, 0.1) is 10.9 Å². The molecule has 1 aliphatic heterocycles. The van der Waals surface area contributed by atoms with E-state index in [-0.39, 0.29) is 22.7 Å². The molecular formula is C25H29FN4O3S2. The number of anilines is 2. The first kappa shape index (κ1) is 25.1. The van der Waals surface area contributed by atoms with Crippen LogP contribution in [0, 0.1) is 5.82 Å². The third-order valence-electron chi connectivity index (χ3n) is 6.53. The molecule has 0 bridgehead atoms. The smallest absolute Gasteiger partial charge is 0.263 e. The maximum absolute atomic E-state index is 14.3. The molecule has 0 aliphatic carbocycles. The van der Waals surface area contributed by atoms with Crippen LogP contribution in [0.5, 0.6) is 0 Å². The van der Waals surface area contributed by atoms with Crippen LogP contribution < -0.4 is 9.62 Å². The summed E-state index contributed by atoms with van der Waals surface area (Å²) in [5.74, 6) is -0.307. The van der Waals surface area contributed by atoms with Crippen LogP contribution in [0.2, 0.25) is 0 Å². The Labute approximate surface area is 209 Å². The van der Waals surface area contributed by atoms with Crippen molar-refractivity contribution in [1.29, 1.82) is 0 Å². The minimum atomic E-state index is -3.74. The quantitative estimate of drug-likeness (QED) is 0.464. The topological polar surface area (TPSA) is 82.6 Å². The largest absolute Gasteiger partial charge is 0.363 e. The van der Waals surface area contributed by atoms with Gasteiger partial charge in [-0.1, -0.05) is 25.1 Å². The van der Waals surface area contributed by atoms with E-state index in [0.717, 1.165) is 18.4 Å². The molecule has 1 amide bonds. The number of carbonyl (C=O) groups excluding carboxylic acids is 1. The zero-order valence-corrected chi connectivity index (χ0v) is 21.6. The van der Waals surface area contributed by atoms with Crippen molar-refractivity contribution in [2.45, 2.75) is 50.1 Å². The molecule has 2 atom stereocenters. The van der Waals surface area contributed by atoms with Crippen molar-refractivity contribution in [1.82, 2.24) is 9.88 Å². The zero-order chi connectivity index (χ0) is 25.2. The number of amides is 1. The number of rotatable bonds is 8. The summed E-state index contributed by atoms with van der Waals surface area (Å²) in [6, 6.07) is 11.0. The summed E-state index contributed by atoms with van der Waals surface area (Å²) in [6.07, 6.45) is 3.73. The normalized spacial score (nSPS) is 16.8. The second-order valence-corrected chi connectivity index (χ2v) is 11.2. The van der Waals surface area contributed by atoms with E-state index in [9.17, 15) is 17.6 Å². The Hall–Kier alpha value is -2.98. The molecule has 0 radical (unpaired) electrons. The summed E-state index contributed by atoms with van der Waals surface area (Å²) in [7, 11) is -1.92. The first-order chi connectivity index (χ1) is 16.7. The van der Waals surface area contributed by atoms with Gasteiger partial charge >= 0.3 is 0 Å². The van der Waals surface area contributed by atoms with Crippen molar-refractivity contribution < 1.29 is 17.6 Å². The van der Waals surface area contributed by atoms with Crippen LogP contribution in [-0.4, -0.2) is 43.8 Å². The molecule has 2 heterocycles. The van der Waals surface area contributed by atoms with Gasteiger partial charge in [0.15, 0.2) is 5.13 Å². The zero-order valence-electron chi connectivity index (χ0n) is 19.9. The van der Waals surface area contributed by atoms with Crippen molar-refractivity contribution in [3.05, 3.63) is 71.0 Å². The van der Waals surface area contributed by atoms with Gasteiger partial charge in [0, 0.05) is 36.4 Å². The fourth-order valence-electron chi connectivity index (χ4n) is 4.54. The van der Waals surface area contributed by atoms with Crippen LogP contribution in [0.1, 0.15) is 43.9 Å². The lowest BCUT2D eigenvalue weighted by Crippen LogP contribution is -2.45. The number of nitrogens with one attached hydrogen (secondary N) is 1. The second-order valence-electron chi connectivity index (χ2n) is 8.58. The minimum Gasteiger partial charge on any atom is -0.363 e. The summed E-state index contributed by atoms with van der Waals surface area (Å²) in [4.78, 5) is 21.3. The molecule has 35 heavy (non-hydrogen) atoms. The summed E-state index contributed by atoms with van der Waals surface area (Å²) in [6.45, 7) is 4.36. The van der Waals surface area contributed by atoms with Gasteiger partial charge in [-0.25, -0.2) is 17.8 Å². The molecule has 1 aliphatic rings. The third kappa shape index (κ3) is 5.18. The lowest BCUT2D eigenvalue weighted by atomic mass is 10.0. The number of aromatic nitrogens is 1. The Balaban J connectivity index is 1.51. The van der Waals surface area contributed by atoms with Crippen LogP contribution in [0.25, 0.3) is 0 Å². The first-order valence-electron chi connectivity index (χ1n) is 11.6. The predicted molar refractivity (Wildman–Crippen MR) is 137 cm³/mol. The van der Waals surface area contributed by atoms with E-state index in [1.165, 1.54) is 23.6 Å². The van der Waals surface area contributed by atoms with Crippen LogP contribution in [0.4, 0.5) is 15.2 Å². The highest BCUT2D eigenvalue weighted by atomic mass is 32.2. The molecule has 1 fully saturated rings. The molecule has 10 heteroatoms. The van der Waals surface area contributed by atoms with Gasteiger partial charge in [0.25, 0.3) is 10.0 Å². The molecule has 3 aromatic rings. The van der Waals surface area contributed by atoms with Crippen molar-refractivity contribution in [2.24, 2.45) is 0 Å². The number of thiazole rings is 1. The average molecular weight is 517 g/mol. The molecule has 4 rings (SSSR count). The minimum absolute atomic E-state index is 0.0385. The molecule has 7 nitrogen and oxygen atoms in total. The van der Waals surface area contributed by atoms with E-state index >= 15 is 0 Å². The number of hydrogen-bond acceptors (Lipinski definition) is 6. The Bertz CT molecular complexity index is 1280. The van der Waals surface area contributed by atoms with E-state index in [1.807, 2.05) is 36.8 Å². The SMILES string of the molecule is CCc1c(F)cccc1N(C)[C@H](C)C(=O)N1CCCC1c1ccc(S(=O)(=O)Nc2nccs2)cc1. The standard InChI is InChI=1S/C25H29FN4O3S2/c1-4-20-21(26)7-5-8-23(20)29(3)17(2)24(31)30-15-6-9-22(30)18-10-12-19(13-11-18)35(32,33)28-25-27-14-16-34-25/h5,7-8,10-14,16-17,22H,4,6,9,15H2,1-3H3,(H,27,28)/t17-,22?/m1/s1. The van der Waals surface area contributed by atoms with Gasteiger partial charge in [0.2, 0.25) is 5.91 Å². The predicted octanol–water partition coefficient (Wildman–Crippen LogP) is 4.83. The van der Waals surface area contributed by atoms with Gasteiger partial charge in [0.1, 0.15) is 11.9 Å². The monoisotopic (exact) mass is 516 g/mol. The van der Waals surface area contributed by atoms with E-state index in [4.69, 9.17) is 0 Å². The van der Waals surface area contributed by atoms with E-state index in [1.54, 1.807) is 35.7 Å². The average Bonchev–Trinajstić information content (AvgIpc) is 3.54. The second kappa shape index (κ2) is 10.3.